The number of rotatable bonds is 2. The lowest BCUT2D eigenvalue weighted by Crippen LogP contribution is -3.13. The number of benzene rings is 2. The molecule has 1 spiro atoms. The van der Waals surface area contributed by atoms with Crippen molar-refractivity contribution < 1.29 is 9.64 Å². The van der Waals surface area contributed by atoms with Crippen molar-refractivity contribution in [3.05, 3.63) is 63.6 Å². The number of hydrogen-bond donors (Lipinski definition) is 1. The van der Waals surface area contributed by atoms with Crippen LogP contribution in [0.2, 0.25) is 10.0 Å². The zero-order chi connectivity index (χ0) is 19.3. The standard InChI is InChI=1S/C22H23Cl2N3O/c1-2-26-11-9-22(10-12-26)27-20(17-5-3-4-6-21(17)28-22)14-19(25-27)16-8-7-15(23)13-18(16)24/h3-8,13,20H,2,9-12,14H2,1H3/p+1/t20-/m0/s1. The second-order valence-corrected chi connectivity index (χ2v) is 8.77. The van der Waals surface area contributed by atoms with E-state index in [4.69, 9.17) is 33.0 Å². The molecule has 5 rings (SSSR count). The van der Waals surface area contributed by atoms with Gasteiger partial charge < -0.3 is 9.64 Å². The van der Waals surface area contributed by atoms with Crippen LogP contribution in [0.25, 0.3) is 0 Å². The molecule has 0 bridgehead atoms. The van der Waals surface area contributed by atoms with Crippen LogP contribution < -0.4 is 9.64 Å². The molecule has 1 atom stereocenters. The molecule has 2 aromatic rings. The fraction of sp³-hybridized carbons (Fsp3) is 0.409. The minimum atomic E-state index is -0.363. The Balaban J connectivity index is 1.56. The first-order valence-corrected chi connectivity index (χ1v) is 10.8. The summed E-state index contributed by atoms with van der Waals surface area (Å²) in [6.07, 6.45) is 2.78. The van der Waals surface area contributed by atoms with E-state index in [2.05, 4.69) is 36.2 Å². The summed E-state index contributed by atoms with van der Waals surface area (Å²) in [5, 5.41) is 8.62. The second kappa shape index (κ2) is 6.94. The van der Waals surface area contributed by atoms with Gasteiger partial charge in [-0.25, -0.2) is 5.01 Å². The molecule has 3 aliphatic heterocycles. The van der Waals surface area contributed by atoms with Crippen LogP contribution in [0.1, 0.15) is 43.4 Å². The number of ether oxygens (including phenoxy) is 1. The third kappa shape index (κ3) is 2.90. The number of hydrogen-bond acceptors (Lipinski definition) is 3. The molecule has 0 unspecified atom stereocenters. The number of piperidine rings is 1. The van der Waals surface area contributed by atoms with Gasteiger partial charge in [-0.05, 0) is 25.1 Å². The molecule has 0 saturated carbocycles. The number of halogens is 2. The molecule has 3 heterocycles. The molecule has 0 radical (unpaired) electrons. The van der Waals surface area contributed by atoms with E-state index in [-0.39, 0.29) is 11.8 Å². The van der Waals surface area contributed by atoms with Gasteiger partial charge in [0.2, 0.25) is 5.72 Å². The van der Waals surface area contributed by atoms with Crippen molar-refractivity contribution in [2.24, 2.45) is 5.10 Å². The first-order chi connectivity index (χ1) is 13.6. The van der Waals surface area contributed by atoms with Crippen LogP contribution in [-0.2, 0) is 0 Å². The molecule has 0 aromatic heterocycles. The Morgan fingerprint density at radius 2 is 1.96 bits per heavy atom. The Bertz CT molecular complexity index is 937. The minimum absolute atomic E-state index is 0.190. The lowest BCUT2D eigenvalue weighted by Gasteiger charge is -2.50. The second-order valence-electron chi connectivity index (χ2n) is 7.92. The SMILES string of the molecule is CC[NH+]1CCC2(CC1)Oc1ccccc1[C@@H]1CC(c3ccc(Cl)cc3Cl)=NN12. The van der Waals surface area contributed by atoms with E-state index >= 15 is 0 Å². The lowest BCUT2D eigenvalue weighted by molar-refractivity contribution is -0.906. The van der Waals surface area contributed by atoms with Crippen molar-refractivity contribution in [2.75, 3.05) is 19.6 Å². The van der Waals surface area contributed by atoms with Crippen LogP contribution in [0.15, 0.2) is 47.6 Å². The van der Waals surface area contributed by atoms with Crippen molar-refractivity contribution >= 4 is 28.9 Å². The maximum atomic E-state index is 6.65. The molecule has 6 heteroatoms. The third-order valence-electron chi connectivity index (χ3n) is 6.39. The van der Waals surface area contributed by atoms with Crippen molar-refractivity contribution in [3.8, 4) is 5.75 Å². The van der Waals surface area contributed by atoms with E-state index in [1.807, 2.05) is 12.1 Å². The highest BCUT2D eigenvalue weighted by Gasteiger charge is 2.52. The largest absolute Gasteiger partial charge is 0.466 e. The molecule has 0 aliphatic carbocycles. The summed E-state index contributed by atoms with van der Waals surface area (Å²) in [6.45, 7) is 5.62. The van der Waals surface area contributed by atoms with Gasteiger partial charge in [0.05, 0.1) is 49.3 Å². The predicted molar refractivity (Wildman–Crippen MR) is 112 cm³/mol. The van der Waals surface area contributed by atoms with E-state index in [1.54, 1.807) is 11.0 Å². The smallest absolute Gasteiger partial charge is 0.208 e. The van der Waals surface area contributed by atoms with Crippen LogP contribution in [0.5, 0.6) is 5.75 Å². The fourth-order valence-electron chi connectivity index (χ4n) is 4.79. The van der Waals surface area contributed by atoms with Crippen molar-refractivity contribution in [3.63, 3.8) is 0 Å². The molecule has 0 amide bonds. The summed E-state index contributed by atoms with van der Waals surface area (Å²) in [4.78, 5) is 1.63. The zero-order valence-corrected chi connectivity index (χ0v) is 17.4. The van der Waals surface area contributed by atoms with Crippen LogP contribution in [-0.4, -0.2) is 36.1 Å². The van der Waals surface area contributed by atoms with Gasteiger partial charge in [0.25, 0.3) is 0 Å². The minimum Gasteiger partial charge on any atom is -0.466 e. The number of para-hydroxylation sites is 1. The Kier molecular flexibility index (Phi) is 4.53. The summed E-state index contributed by atoms with van der Waals surface area (Å²) in [5.41, 5.74) is 2.82. The molecule has 3 aliphatic rings. The van der Waals surface area contributed by atoms with Crippen molar-refractivity contribution in [1.29, 1.82) is 0 Å². The summed E-state index contributed by atoms with van der Waals surface area (Å²) >= 11 is 12.6. The van der Waals surface area contributed by atoms with Crippen LogP contribution >= 0.6 is 23.2 Å². The van der Waals surface area contributed by atoms with Gasteiger partial charge in [-0.2, -0.15) is 5.10 Å². The quantitative estimate of drug-likeness (QED) is 0.803. The number of fused-ring (bicyclic) bond motifs is 4. The Hall–Kier alpha value is -1.75. The molecule has 1 N–H and O–H groups in total. The Labute approximate surface area is 175 Å². The van der Waals surface area contributed by atoms with E-state index < -0.39 is 0 Å². The molecule has 1 saturated heterocycles. The first-order valence-electron chi connectivity index (χ1n) is 10.0. The number of nitrogens with zero attached hydrogens (tertiary/aromatic N) is 2. The Morgan fingerprint density at radius 3 is 2.71 bits per heavy atom. The molecule has 28 heavy (non-hydrogen) atoms. The topological polar surface area (TPSA) is 29.3 Å². The van der Waals surface area contributed by atoms with Crippen LogP contribution in [0, 0.1) is 0 Å². The molecule has 2 aromatic carbocycles. The predicted octanol–water partition coefficient (Wildman–Crippen LogP) is 3.93. The molecule has 4 nitrogen and oxygen atoms in total. The van der Waals surface area contributed by atoms with Gasteiger partial charge >= 0.3 is 0 Å². The number of hydrazone groups is 1. The molecular weight excluding hydrogens is 393 g/mol. The molecular formula is C22H24Cl2N3O+. The van der Waals surface area contributed by atoms with Crippen LogP contribution in [0.3, 0.4) is 0 Å². The van der Waals surface area contributed by atoms with E-state index in [0.29, 0.717) is 10.0 Å². The normalized spacial score (nSPS) is 28.5. The summed E-state index contributed by atoms with van der Waals surface area (Å²) < 4.78 is 6.65. The molecule has 146 valence electrons. The van der Waals surface area contributed by atoms with Crippen LogP contribution in [0.4, 0.5) is 0 Å². The first kappa shape index (κ1) is 18.3. The number of likely N-dealkylation sites (tertiary alicyclic amines) is 1. The Morgan fingerprint density at radius 1 is 1.18 bits per heavy atom. The van der Waals surface area contributed by atoms with Crippen molar-refractivity contribution in [2.45, 2.75) is 38.0 Å². The number of quaternary nitrogens is 1. The van der Waals surface area contributed by atoms with Gasteiger partial charge in [-0.1, -0.05) is 47.5 Å². The summed E-state index contributed by atoms with van der Waals surface area (Å²) in [6, 6.07) is 14.2. The monoisotopic (exact) mass is 416 g/mol. The van der Waals surface area contributed by atoms with Gasteiger partial charge in [0, 0.05) is 22.6 Å². The zero-order valence-electron chi connectivity index (χ0n) is 15.9. The lowest BCUT2D eigenvalue weighted by atomic mass is 9.90. The average molecular weight is 417 g/mol. The maximum absolute atomic E-state index is 6.65. The average Bonchev–Trinajstić information content (AvgIpc) is 3.15. The van der Waals surface area contributed by atoms with E-state index in [9.17, 15) is 0 Å². The summed E-state index contributed by atoms with van der Waals surface area (Å²) in [7, 11) is 0. The fourth-order valence-corrected chi connectivity index (χ4v) is 5.31. The van der Waals surface area contributed by atoms with E-state index in [0.717, 1.165) is 55.9 Å². The highest BCUT2D eigenvalue weighted by molar-refractivity contribution is 6.37. The van der Waals surface area contributed by atoms with Gasteiger partial charge in [-0.15, -0.1) is 0 Å². The van der Waals surface area contributed by atoms with E-state index in [1.165, 1.54) is 5.56 Å². The maximum Gasteiger partial charge on any atom is 0.208 e. The van der Waals surface area contributed by atoms with Gasteiger partial charge in [0.1, 0.15) is 5.75 Å². The van der Waals surface area contributed by atoms with Crippen molar-refractivity contribution in [1.82, 2.24) is 5.01 Å². The number of nitrogens with one attached hydrogen (secondary N) is 1. The molecule has 1 fully saturated rings. The highest BCUT2D eigenvalue weighted by Crippen LogP contribution is 2.49. The third-order valence-corrected chi connectivity index (χ3v) is 6.93. The van der Waals surface area contributed by atoms with Gasteiger partial charge in [-0.3, -0.25) is 0 Å². The van der Waals surface area contributed by atoms with Gasteiger partial charge in [0.15, 0.2) is 0 Å². The highest BCUT2D eigenvalue weighted by atomic mass is 35.5. The summed E-state index contributed by atoms with van der Waals surface area (Å²) in [5.74, 6) is 1.00.